The zero-order valence-electron chi connectivity index (χ0n) is 18.3. The predicted octanol–water partition coefficient (Wildman–Crippen LogP) is 6.22. The fourth-order valence-corrected chi connectivity index (χ4v) is 5.21. The second kappa shape index (κ2) is 9.66. The van der Waals surface area contributed by atoms with E-state index in [1.807, 2.05) is 6.07 Å². The van der Waals surface area contributed by atoms with Crippen LogP contribution in [0.15, 0.2) is 53.0 Å². The van der Waals surface area contributed by atoms with Crippen LogP contribution >= 0.6 is 23.1 Å². The predicted molar refractivity (Wildman–Crippen MR) is 128 cm³/mol. The summed E-state index contributed by atoms with van der Waals surface area (Å²) in [6.45, 7) is 9.55. The van der Waals surface area contributed by atoms with Gasteiger partial charge in [-0.2, -0.15) is 0 Å². The lowest BCUT2D eigenvalue weighted by Crippen LogP contribution is -2.07. The molecule has 0 aliphatic carbocycles. The van der Waals surface area contributed by atoms with Crippen LogP contribution < -0.4 is 4.74 Å². The summed E-state index contributed by atoms with van der Waals surface area (Å²) in [7, 11) is 0. The van der Waals surface area contributed by atoms with Gasteiger partial charge < -0.3 is 9.30 Å². The summed E-state index contributed by atoms with van der Waals surface area (Å²) >= 11 is 3.34. The molecule has 0 saturated heterocycles. The minimum Gasteiger partial charge on any atom is -0.485 e. The van der Waals surface area contributed by atoms with E-state index in [0.29, 0.717) is 6.61 Å². The second-order valence-corrected chi connectivity index (χ2v) is 9.30. The van der Waals surface area contributed by atoms with Crippen molar-refractivity contribution in [1.82, 2.24) is 19.7 Å². The van der Waals surface area contributed by atoms with Gasteiger partial charge in [-0.15, -0.1) is 21.5 Å². The van der Waals surface area contributed by atoms with Gasteiger partial charge >= 0.3 is 0 Å². The van der Waals surface area contributed by atoms with Gasteiger partial charge in [0.05, 0.1) is 5.69 Å². The van der Waals surface area contributed by atoms with Crippen LogP contribution in [0.4, 0.5) is 0 Å². The largest absolute Gasteiger partial charge is 0.485 e. The molecule has 0 saturated carbocycles. The number of rotatable bonds is 8. The lowest BCUT2D eigenvalue weighted by Gasteiger charge is -2.11. The summed E-state index contributed by atoms with van der Waals surface area (Å²) in [5.41, 5.74) is 5.84. The molecule has 2 heterocycles. The Labute approximate surface area is 191 Å². The van der Waals surface area contributed by atoms with E-state index >= 15 is 0 Å². The van der Waals surface area contributed by atoms with Crippen molar-refractivity contribution in [2.24, 2.45) is 0 Å². The van der Waals surface area contributed by atoms with Crippen molar-refractivity contribution in [1.29, 1.82) is 0 Å². The molecule has 0 spiro atoms. The molecule has 0 bridgehead atoms. The minimum atomic E-state index is 0.402. The monoisotopic (exact) mass is 450 g/mol. The first-order valence-corrected chi connectivity index (χ1v) is 12.2. The first kappa shape index (κ1) is 21.6. The highest BCUT2D eigenvalue weighted by Gasteiger charge is 2.14. The Morgan fingerprint density at radius 3 is 2.65 bits per heavy atom. The Kier molecular flexibility index (Phi) is 6.73. The normalized spacial score (nSPS) is 11.1. The molecule has 0 amide bonds. The number of aromatic nitrogens is 4. The van der Waals surface area contributed by atoms with Gasteiger partial charge in [-0.25, -0.2) is 4.98 Å². The average molecular weight is 451 g/mol. The fourth-order valence-electron chi connectivity index (χ4n) is 3.38. The highest BCUT2D eigenvalue weighted by molar-refractivity contribution is 7.98. The standard InChI is InChI=1S/C24H26N4OS2/c1-5-28-22(13-29-21-10-9-17(3)11-18(21)4)26-27-24(28)31-15-20-14-30-23(25-20)19-8-6-7-16(2)12-19/h6-12,14H,5,13,15H2,1-4H3. The van der Waals surface area contributed by atoms with Crippen molar-refractivity contribution < 1.29 is 4.74 Å². The lowest BCUT2D eigenvalue weighted by atomic mass is 10.1. The van der Waals surface area contributed by atoms with Gasteiger partial charge in [0.2, 0.25) is 0 Å². The van der Waals surface area contributed by atoms with Crippen molar-refractivity contribution in [2.45, 2.75) is 51.8 Å². The smallest absolute Gasteiger partial charge is 0.191 e. The van der Waals surface area contributed by atoms with Gasteiger partial charge in [0.25, 0.3) is 0 Å². The Morgan fingerprint density at radius 2 is 1.87 bits per heavy atom. The maximum Gasteiger partial charge on any atom is 0.191 e. The molecule has 160 valence electrons. The molecule has 31 heavy (non-hydrogen) atoms. The summed E-state index contributed by atoms with van der Waals surface area (Å²) in [5, 5.41) is 12.8. The highest BCUT2D eigenvalue weighted by Crippen LogP contribution is 2.28. The third-order valence-electron chi connectivity index (χ3n) is 4.96. The molecule has 2 aromatic carbocycles. The van der Waals surface area contributed by atoms with Crippen LogP contribution in [-0.2, 0) is 18.9 Å². The van der Waals surface area contributed by atoms with E-state index in [0.717, 1.165) is 45.3 Å². The summed E-state index contributed by atoms with van der Waals surface area (Å²) in [5.74, 6) is 2.48. The van der Waals surface area contributed by atoms with Gasteiger partial charge in [0.15, 0.2) is 11.0 Å². The molecule has 0 fully saturated rings. The molecule has 0 aliphatic heterocycles. The molecule has 5 nitrogen and oxygen atoms in total. The number of aryl methyl sites for hydroxylation is 3. The molecule has 0 atom stereocenters. The number of hydrogen-bond donors (Lipinski definition) is 0. The third kappa shape index (κ3) is 5.17. The van der Waals surface area contributed by atoms with Crippen LogP contribution in [0.1, 0.15) is 35.1 Å². The Bertz CT molecular complexity index is 1180. The molecule has 0 radical (unpaired) electrons. The van der Waals surface area contributed by atoms with Crippen LogP contribution in [-0.4, -0.2) is 19.7 Å². The van der Waals surface area contributed by atoms with Crippen molar-refractivity contribution in [3.8, 4) is 16.3 Å². The molecule has 0 unspecified atom stereocenters. The van der Waals surface area contributed by atoms with E-state index in [4.69, 9.17) is 9.72 Å². The van der Waals surface area contributed by atoms with Crippen LogP contribution in [0, 0.1) is 20.8 Å². The molecular formula is C24H26N4OS2. The van der Waals surface area contributed by atoms with Crippen LogP contribution in [0.25, 0.3) is 10.6 Å². The summed E-state index contributed by atoms with van der Waals surface area (Å²) in [6.07, 6.45) is 0. The topological polar surface area (TPSA) is 52.8 Å². The summed E-state index contributed by atoms with van der Waals surface area (Å²) < 4.78 is 8.13. The molecule has 2 aromatic heterocycles. The Morgan fingerprint density at radius 1 is 1.03 bits per heavy atom. The Balaban J connectivity index is 1.41. The number of benzene rings is 2. The zero-order valence-corrected chi connectivity index (χ0v) is 19.9. The van der Waals surface area contributed by atoms with E-state index in [1.165, 1.54) is 16.7 Å². The molecular weight excluding hydrogens is 424 g/mol. The van der Waals surface area contributed by atoms with Crippen molar-refractivity contribution in [2.75, 3.05) is 0 Å². The molecule has 4 rings (SSSR count). The van der Waals surface area contributed by atoms with Crippen LogP contribution in [0.2, 0.25) is 0 Å². The highest BCUT2D eigenvalue weighted by atomic mass is 32.2. The summed E-state index contributed by atoms with van der Waals surface area (Å²) in [6, 6.07) is 14.7. The van der Waals surface area contributed by atoms with Gasteiger partial charge in [-0.3, -0.25) is 0 Å². The van der Waals surface area contributed by atoms with Crippen LogP contribution in [0.5, 0.6) is 5.75 Å². The quantitative estimate of drug-likeness (QED) is 0.298. The fraction of sp³-hybridized carbons (Fsp3) is 0.292. The molecule has 0 N–H and O–H groups in total. The number of hydrogen-bond acceptors (Lipinski definition) is 6. The molecule has 7 heteroatoms. The lowest BCUT2D eigenvalue weighted by molar-refractivity contribution is 0.286. The SMILES string of the molecule is CCn1c(COc2ccc(C)cc2C)nnc1SCc1csc(-c2cccc(C)c2)n1. The molecule has 4 aromatic rings. The number of thioether (sulfide) groups is 1. The minimum absolute atomic E-state index is 0.402. The van der Waals surface area contributed by atoms with Crippen molar-refractivity contribution in [3.05, 3.63) is 76.1 Å². The number of ether oxygens (including phenoxy) is 1. The maximum atomic E-state index is 6.02. The zero-order chi connectivity index (χ0) is 21.8. The average Bonchev–Trinajstić information content (AvgIpc) is 3.38. The third-order valence-corrected chi connectivity index (χ3v) is 6.90. The van der Waals surface area contributed by atoms with E-state index in [9.17, 15) is 0 Å². The van der Waals surface area contributed by atoms with Gasteiger partial charge in [-0.05, 0) is 45.4 Å². The van der Waals surface area contributed by atoms with Crippen molar-refractivity contribution >= 4 is 23.1 Å². The first-order valence-electron chi connectivity index (χ1n) is 10.3. The van der Waals surface area contributed by atoms with E-state index in [1.54, 1.807) is 23.1 Å². The maximum absolute atomic E-state index is 6.02. The van der Waals surface area contributed by atoms with E-state index in [-0.39, 0.29) is 0 Å². The Hall–Kier alpha value is -2.64. The molecule has 0 aliphatic rings. The van der Waals surface area contributed by atoms with Gasteiger partial charge in [0, 0.05) is 23.2 Å². The van der Waals surface area contributed by atoms with E-state index < -0.39 is 0 Å². The summed E-state index contributed by atoms with van der Waals surface area (Å²) in [4.78, 5) is 4.81. The second-order valence-electron chi connectivity index (χ2n) is 7.50. The van der Waals surface area contributed by atoms with Crippen molar-refractivity contribution in [3.63, 3.8) is 0 Å². The van der Waals surface area contributed by atoms with Crippen LogP contribution in [0.3, 0.4) is 0 Å². The number of nitrogens with zero attached hydrogens (tertiary/aromatic N) is 4. The van der Waals surface area contributed by atoms with Gasteiger partial charge in [-0.1, -0.05) is 53.2 Å². The van der Waals surface area contributed by atoms with Gasteiger partial charge in [0.1, 0.15) is 17.4 Å². The number of thiazole rings is 1. The first-order chi connectivity index (χ1) is 15.0. The van der Waals surface area contributed by atoms with E-state index in [2.05, 4.69) is 84.2 Å².